The van der Waals surface area contributed by atoms with Gasteiger partial charge in [0.15, 0.2) is 5.58 Å². The van der Waals surface area contributed by atoms with Gasteiger partial charge in [0.1, 0.15) is 18.1 Å². The van der Waals surface area contributed by atoms with E-state index >= 15 is 0 Å². The lowest BCUT2D eigenvalue weighted by molar-refractivity contribution is -0.134. The predicted octanol–water partition coefficient (Wildman–Crippen LogP) is 1.89. The molecule has 2 fully saturated rings. The topological polar surface area (TPSA) is 131 Å². The van der Waals surface area contributed by atoms with Crippen molar-refractivity contribution in [2.24, 2.45) is 0 Å². The number of ether oxygens (including phenoxy) is 1. The average Bonchev–Trinajstić information content (AvgIpc) is 3.26. The molecule has 1 atom stereocenters. The number of nitrogens with one attached hydrogen (secondary N) is 2. The van der Waals surface area contributed by atoms with Gasteiger partial charge >= 0.3 is 0 Å². The molecule has 5 rings (SSSR count). The number of benzene rings is 2. The first-order valence-corrected chi connectivity index (χ1v) is 13.6. The maximum Gasteiger partial charge on any atom is 0.235 e. The first kappa shape index (κ1) is 23.7. The summed E-state index contributed by atoms with van der Waals surface area (Å²) in [6, 6.07) is 9.80. The molecule has 10 nitrogen and oxygen atoms in total. The summed E-state index contributed by atoms with van der Waals surface area (Å²) in [6.45, 7) is 2.22. The number of aromatic nitrogens is 1. The standard InChI is InChI=1S/C24H28N4O6S/c1-35(31,32)28-11-8-16(9-12-28)25-10-13-33-17-3-4-18-15(14-17)2-6-20-22(18)23(27-34-20)19-5-7-21(29)26-24(19)30/h2-4,6,14,16,19,25H,5,7-13H2,1H3,(H,26,29,30)/t19-/m0/s1. The van der Waals surface area contributed by atoms with Crippen LogP contribution >= 0.6 is 0 Å². The van der Waals surface area contributed by atoms with Gasteiger partial charge in [0.2, 0.25) is 21.8 Å². The van der Waals surface area contributed by atoms with Crippen molar-refractivity contribution in [3.05, 3.63) is 36.0 Å². The quantitative estimate of drug-likeness (QED) is 0.372. The zero-order valence-corrected chi connectivity index (χ0v) is 20.3. The van der Waals surface area contributed by atoms with E-state index in [1.54, 1.807) is 0 Å². The number of carbonyl (C=O) groups excluding carboxylic acids is 2. The van der Waals surface area contributed by atoms with E-state index in [2.05, 4.69) is 15.8 Å². The molecule has 3 heterocycles. The van der Waals surface area contributed by atoms with Gasteiger partial charge in [-0.1, -0.05) is 11.2 Å². The van der Waals surface area contributed by atoms with Gasteiger partial charge < -0.3 is 14.6 Å². The van der Waals surface area contributed by atoms with E-state index < -0.39 is 15.9 Å². The lowest BCUT2D eigenvalue weighted by atomic mass is 9.91. The molecule has 0 aliphatic carbocycles. The number of sulfonamides is 1. The van der Waals surface area contributed by atoms with Crippen molar-refractivity contribution in [1.29, 1.82) is 0 Å². The molecule has 2 aliphatic rings. The van der Waals surface area contributed by atoms with E-state index in [1.165, 1.54) is 10.6 Å². The second-order valence-electron chi connectivity index (χ2n) is 9.13. The molecule has 2 aromatic carbocycles. The van der Waals surface area contributed by atoms with Crippen LogP contribution in [0.25, 0.3) is 21.7 Å². The third kappa shape index (κ3) is 5.02. The minimum Gasteiger partial charge on any atom is -0.492 e. The van der Waals surface area contributed by atoms with Crippen molar-refractivity contribution in [2.75, 3.05) is 32.5 Å². The van der Waals surface area contributed by atoms with Crippen molar-refractivity contribution in [2.45, 2.75) is 37.6 Å². The van der Waals surface area contributed by atoms with Crippen LogP contribution in [0.2, 0.25) is 0 Å². The predicted molar refractivity (Wildman–Crippen MR) is 130 cm³/mol. The lowest BCUT2D eigenvalue weighted by Gasteiger charge is -2.30. The minimum atomic E-state index is -3.11. The van der Waals surface area contributed by atoms with Crippen LogP contribution in [0.3, 0.4) is 0 Å². The fourth-order valence-electron chi connectivity index (χ4n) is 4.88. The number of amides is 2. The van der Waals surface area contributed by atoms with Crippen LogP contribution in [0.1, 0.15) is 37.3 Å². The molecule has 0 bridgehead atoms. The molecule has 35 heavy (non-hydrogen) atoms. The molecule has 0 saturated carbocycles. The second kappa shape index (κ2) is 9.56. The van der Waals surface area contributed by atoms with Gasteiger partial charge in [0, 0.05) is 32.1 Å². The molecule has 3 aromatic rings. The second-order valence-corrected chi connectivity index (χ2v) is 11.1. The van der Waals surface area contributed by atoms with Crippen molar-refractivity contribution >= 4 is 43.6 Å². The zero-order chi connectivity index (χ0) is 24.6. The van der Waals surface area contributed by atoms with Crippen LogP contribution in [0.4, 0.5) is 0 Å². The van der Waals surface area contributed by atoms with Crippen molar-refractivity contribution in [3.63, 3.8) is 0 Å². The normalized spacial score (nSPS) is 20.4. The van der Waals surface area contributed by atoms with E-state index in [4.69, 9.17) is 9.26 Å². The van der Waals surface area contributed by atoms with Gasteiger partial charge in [-0.25, -0.2) is 12.7 Å². The highest BCUT2D eigenvalue weighted by molar-refractivity contribution is 7.88. The Morgan fingerprint density at radius 2 is 1.97 bits per heavy atom. The Bertz CT molecular complexity index is 1380. The van der Waals surface area contributed by atoms with E-state index in [-0.39, 0.29) is 24.3 Å². The Hall–Kier alpha value is -3.02. The summed E-state index contributed by atoms with van der Waals surface area (Å²) < 4.78 is 36.2. The lowest BCUT2D eigenvalue weighted by Crippen LogP contribution is -2.45. The first-order valence-electron chi connectivity index (χ1n) is 11.8. The molecule has 0 spiro atoms. The van der Waals surface area contributed by atoms with Crippen LogP contribution in [0, 0.1) is 0 Å². The van der Waals surface area contributed by atoms with Crippen LogP contribution in [0.15, 0.2) is 34.9 Å². The van der Waals surface area contributed by atoms with Gasteiger partial charge in [-0.3, -0.25) is 14.9 Å². The number of hydrogen-bond acceptors (Lipinski definition) is 8. The van der Waals surface area contributed by atoms with E-state index in [9.17, 15) is 18.0 Å². The van der Waals surface area contributed by atoms with Gasteiger partial charge in [-0.15, -0.1) is 0 Å². The third-order valence-electron chi connectivity index (χ3n) is 6.75. The maximum absolute atomic E-state index is 12.4. The number of hydrogen-bond donors (Lipinski definition) is 2. The molecule has 11 heteroatoms. The van der Waals surface area contributed by atoms with Gasteiger partial charge in [-0.2, -0.15) is 0 Å². The number of fused-ring (bicyclic) bond motifs is 3. The molecule has 1 aromatic heterocycles. The van der Waals surface area contributed by atoms with Crippen molar-refractivity contribution < 1.29 is 27.3 Å². The maximum atomic E-state index is 12.4. The molecule has 0 unspecified atom stereocenters. The molecule has 186 valence electrons. The largest absolute Gasteiger partial charge is 0.492 e. The highest BCUT2D eigenvalue weighted by atomic mass is 32.2. The van der Waals surface area contributed by atoms with E-state index in [0.29, 0.717) is 43.9 Å². The number of piperidine rings is 2. The first-order chi connectivity index (χ1) is 16.8. The molecular formula is C24H28N4O6S. The summed E-state index contributed by atoms with van der Waals surface area (Å²) in [5.41, 5.74) is 1.15. The summed E-state index contributed by atoms with van der Waals surface area (Å²) >= 11 is 0. The SMILES string of the molecule is CS(=O)(=O)N1CCC(NCCOc2ccc3c(ccc4onc([C@@H]5CCC(=O)NC5=O)c43)c2)CC1. The number of rotatable bonds is 7. The average molecular weight is 501 g/mol. The fraction of sp³-hybridized carbons (Fsp3) is 0.458. The molecule has 2 amide bonds. The summed E-state index contributed by atoms with van der Waals surface area (Å²) in [7, 11) is -3.11. The Morgan fingerprint density at radius 3 is 2.71 bits per heavy atom. The van der Waals surface area contributed by atoms with E-state index in [1.807, 2.05) is 30.3 Å². The summed E-state index contributed by atoms with van der Waals surface area (Å²) in [4.78, 5) is 23.9. The molecule has 2 aliphatic heterocycles. The summed E-state index contributed by atoms with van der Waals surface area (Å²) in [5.74, 6) is -0.405. The van der Waals surface area contributed by atoms with Crippen LogP contribution < -0.4 is 15.4 Å². The summed E-state index contributed by atoms with van der Waals surface area (Å²) in [5, 5.41) is 12.6. The van der Waals surface area contributed by atoms with E-state index in [0.717, 1.165) is 34.7 Å². The van der Waals surface area contributed by atoms with Crippen LogP contribution in [0.5, 0.6) is 5.75 Å². The monoisotopic (exact) mass is 500 g/mol. The van der Waals surface area contributed by atoms with Gasteiger partial charge in [0.05, 0.1) is 17.6 Å². The smallest absolute Gasteiger partial charge is 0.235 e. The highest BCUT2D eigenvalue weighted by Gasteiger charge is 2.32. The Balaban J connectivity index is 1.23. The Kier molecular flexibility index (Phi) is 6.47. The molecule has 2 saturated heterocycles. The van der Waals surface area contributed by atoms with Gasteiger partial charge in [0.25, 0.3) is 0 Å². The number of nitrogens with zero attached hydrogens (tertiary/aromatic N) is 2. The number of imide groups is 1. The zero-order valence-electron chi connectivity index (χ0n) is 19.5. The molecule has 0 radical (unpaired) electrons. The highest BCUT2D eigenvalue weighted by Crippen LogP contribution is 2.36. The molecule has 2 N–H and O–H groups in total. The van der Waals surface area contributed by atoms with Crippen molar-refractivity contribution in [3.8, 4) is 5.75 Å². The minimum absolute atomic E-state index is 0.264. The fourth-order valence-corrected chi connectivity index (χ4v) is 5.75. The van der Waals surface area contributed by atoms with Crippen molar-refractivity contribution in [1.82, 2.24) is 20.1 Å². The Morgan fingerprint density at radius 1 is 1.17 bits per heavy atom. The number of carbonyl (C=O) groups is 2. The third-order valence-corrected chi connectivity index (χ3v) is 8.05. The van der Waals surface area contributed by atoms with Gasteiger partial charge in [-0.05, 0) is 54.3 Å². The summed E-state index contributed by atoms with van der Waals surface area (Å²) in [6.07, 6.45) is 3.50. The Labute approximate surface area is 203 Å². The van der Waals surface area contributed by atoms with Crippen LogP contribution in [-0.4, -0.2) is 68.2 Å². The van der Waals surface area contributed by atoms with Crippen LogP contribution in [-0.2, 0) is 19.6 Å². The molecular weight excluding hydrogens is 472 g/mol.